The van der Waals surface area contributed by atoms with Gasteiger partial charge in [0.05, 0.1) is 0 Å². The van der Waals surface area contributed by atoms with Crippen LogP contribution in [0.5, 0.6) is 0 Å². The molecular weight excluding hydrogens is 188 g/mol. The summed E-state index contributed by atoms with van der Waals surface area (Å²) in [6.07, 6.45) is 2.68. The number of nitriles is 1. The van der Waals surface area contributed by atoms with Gasteiger partial charge in [-0.2, -0.15) is 5.26 Å². The van der Waals surface area contributed by atoms with Gasteiger partial charge in [-0.25, -0.2) is 4.98 Å². The summed E-state index contributed by atoms with van der Waals surface area (Å²) in [7, 11) is 0. The lowest BCUT2D eigenvalue weighted by atomic mass is 10.1. The van der Waals surface area contributed by atoms with E-state index in [9.17, 15) is 0 Å². The van der Waals surface area contributed by atoms with Crippen LogP contribution in [-0.2, 0) is 0 Å². The number of pyridine rings is 1. The molecule has 15 heavy (non-hydrogen) atoms. The third kappa shape index (κ3) is 1.79. The van der Waals surface area contributed by atoms with Crippen molar-refractivity contribution in [2.45, 2.75) is 25.4 Å². The molecule has 1 aromatic heterocycles. The number of aromatic nitrogens is 1. The van der Waals surface area contributed by atoms with Crippen LogP contribution in [0, 0.1) is 11.3 Å². The fourth-order valence-electron chi connectivity index (χ4n) is 1.99. The van der Waals surface area contributed by atoms with Crippen molar-refractivity contribution in [3.05, 3.63) is 24.0 Å². The molecule has 4 heteroatoms. The zero-order chi connectivity index (χ0) is 10.8. The highest BCUT2D eigenvalue weighted by atomic mass is 15.2. The van der Waals surface area contributed by atoms with E-state index in [-0.39, 0.29) is 6.04 Å². The number of anilines is 1. The summed E-state index contributed by atoms with van der Waals surface area (Å²) < 4.78 is 0. The smallest absolute Gasteiger partial charge is 0.142 e. The van der Waals surface area contributed by atoms with Gasteiger partial charge >= 0.3 is 0 Å². The maximum Gasteiger partial charge on any atom is 0.142 e. The highest BCUT2D eigenvalue weighted by Crippen LogP contribution is 2.24. The van der Waals surface area contributed by atoms with Gasteiger partial charge in [0, 0.05) is 30.5 Å². The topological polar surface area (TPSA) is 65.9 Å². The molecule has 2 rings (SSSR count). The standard InChI is InChI=1S/C11H14N4/c1-8-11(13)3-5-15(8)10-2-4-14-9(6-10)7-12/h2,4,6,8,11H,3,5,13H2,1H3. The van der Waals surface area contributed by atoms with Gasteiger partial charge in [0.15, 0.2) is 0 Å². The van der Waals surface area contributed by atoms with Crippen LogP contribution >= 0.6 is 0 Å². The largest absolute Gasteiger partial charge is 0.367 e. The molecule has 2 N–H and O–H groups in total. The Morgan fingerprint density at radius 2 is 2.47 bits per heavy atom. The van der Waals surface area contributed by atoms with Gasteiger partial charge in [-0.3, -0.25) is 0 Å². The van der Waals surface area contributed by atoms with Crippen LogP contribution in [0.4, 0.5) is 5.69 Å². The Morgan fingerprint density at radius 3 is 3.07 bits per heavy atom. The molecule has 2 atom stereocenters. The van der Waals surface area contributed by atoms with Gasteiger partial charge in [0.2, 0.25) is 0 Å². The highest BCUT2D eigenvalue weighted by Gasteiger charge is 2.27. The van der Waals surface area contributed by atoms with Gasteiger partial charge in [-0.1, -0.05) is 0 Å². The number of nitrogens with two attached hydrogens (primary N) is 1. The SMILES string of the molecule is CC1C(N)CCN1c1ccnc(C#N)c1. The minimum atomic E-state index is 0.226. The van der Waals surface area contributed by atoms with Gasteiger partial charge < -0.3 is 10.6 Å². The van der Waals surface area contributed by atoms with Gasteiger partial charge in [-0.05, 0) is 25.5 Å². The Bertz CT molecular complexity index is 396. The molecular formula is C11H14N4. The zero-order valence-corrected chi connectivity index (χ0v) is 8.72. The predicted molar refractivity (Wildman–Crippen MR) is 58.4 cm³/mol. The van der Waals surface area contributed by atoms with E-state index in [2.05, 4.69) is 16.8 Å². The fourth-order valence-corrected chi connectivity index (χ4v) is 1.99. The Labute approximate surface area is 89.3 Å². The Kier molecular flexibility index (Phi) is 2.57. The Balaban J connectivity index is 2.27. The zero-order valence-electron chi connectivity index (χ0n) is 8.72. The lowest BCUT2D eigenvalue weighted by Crippen LogP contribution is -2.36. The van der Waals surface area contributed by atoms with Crippen LogP contribution < -0.4 is 10.6 Å². The number of hydrogen-bond acceptors (Lipinski definition) is 4. The second-order valence-corrected chi connectivity index (χ2v) is 3.90. The molecule has 1 aliphatic heterocycles. The van der Waals surface area contributed by atoms with Crippen LogP contribution in [0.3, 0.4) is 0 Å². The highest BCUT2D eigenvalue weighted by molar-refractivity contribution is 5.50. The minimum Gasteiger partial charge on any atom is -0.367 e. The summed E-state index contributed by atoms with van der Waals surface area (Å²) in [6, 6.07) is 6.35. The first kappa shape index (κ1) is 9.94. The predicted octanol–water partition coefficient (Wildman–Crippen LogP) is 0.879. The molecule has 2 heterocycles. The lowest BCUT2D eigenvalue weighted by Gasteiger charge is -2.25. The molecule has 1 saturated heterocycles. The summed E-state index contributed by atoms with van der Waals surface area (Å²) in [5.74, 6) is 0. The number of hydrogen-bond donors (Lipinski definition) is 1. The molecule has 4 nitrogen and oxygen atoms in total. The Hall–Kier alpha value is -1.60. The van der Waals surface area contributed by atoms with Crippen molar-refractivity contribution in [1.29, 1.82) is 5.26 Å². The van der Waals surface area contributed by atoms with E-state index < -0.39 is 0 Å². The lowest BCUT2D eigenvalue weighted by molar-refractivity contribution is 0.624. The van der Waals surface area contributed by atoms with Crippen LogP contribution in [-0.4, -0.2) is 23.6 Å². The number of nitrogens with zero attached hydrogens (tertiary/aromatic N) is 3. The fraction of sp³-hybridized carbons (Fsp3) is 0.455. The third-order valence-corrected chi connectivity index (χ3v) is 3.00. The molecule has 0 aromatic carbocycles. The first-order chi connectivity index (χ1) is 7.22. The van der Waals surface area contributed by atoms with Crippen molar-refractivity contribution >= 4 is 5.69 Å². The van der Waals surface area contributed by atoms with E-state index in [1.807, 2.05) is 18.2 Å². The van der Waals surface area contributed by atoms with Crippen molar-refractivity contribution in [3.8, 4) is 6.07 Å². The van der Waals surface area contributed by atoms with Crippen LogP contribution in [0.2, 0.25) is 0 Å². The molecule has 0 bridgehead atoms. The molecule has 1 fully saturated rings. The molecule has 0 amide bonds. The van der Waals surface area contributed by atoms with Crippen molar-refractivity contribution in [1.82, 2.24) is 4.98 Å². The summed E-state index contributed by atoms with van der Waals surface area (Å²) in [4.78, 5) is 6.18. The average Bonchev–Trinajstić information content (AvgIpc) is 2.60. The summed E-state index contributed by atoms with van der Waals surface area (Å²) in [5.41, 5.74) is 7.46. The molecule has 1 aliphatic rings. The molecule has 78 valence electrons. The van der Waals surface area contributed by atoms with Crippen LogP contribution in [0.25, 0.3) is 0 Å². The van der Waals surface area contributed by atoms with E-state index in [0.29, 0.717) is 11.7 Å². The second kappa shape index (κ2) is 3.87. The first-order valence-electron chi connectivity index (χ1n) is 5.11. The second-order valence-electron chi connectivity index (χ2n) is 3.90. The molecule has 0 spiro atoms. The van der Waals surface area contributed by atoms with E-state index in [4.69, 9.17) is 11.0 Å². The first-order valence-corrected chi connectivity index (χ1v) is 5.11. The normalized spacial score (nSPS) is 25.3. The van der Waals surface area contributed by atoms with Crippen molar-refractivity contribution in [2.75, 3.05) is 11.4 Å². The number of rotatable bonds is 1. The minimum absolute atomic E-state index is 0.226. The van der Waals surface area contributed by atoms with Gasteiger partial charge in [0.1, 0.15) is 11.8 Å². The monoisotopic (exact) mass is 202 g/mol. The van der Waals surface area contributed by atoms with E-state index >= 15 is 0 Å². The van der Waals surface area contributed by atoms with Gasteiger partial charge in [0.25, 0.3) is 0 Å². The van der Waals surface area contributed by atoms with Crippen molar-refractivity contribution < 1.29 is 0 Å². The van der Waals surface area contributed by atoms with Crippen LogP contribution in [0.15, 0.2) is 18.3 Å². The average molecular weight is 202 g/mol. The van der Waals surface area contributed by atoms with Crippen molar-refractivity contribution in [2.24, 2.45) is 5.73 Å². The molecule has 0 aliphatic carbocycles. The summed E-state index contributed by atoms with van der Waals surface area (Å²) >= 11 is 0. The van der Waals surface area contributed by atoms with E-state index in [0.717, 1.165) is 18.7 Å². The van der Waals surface area contributed by atoms with E-state index in [1.54, 1.807) is 6.20 Å². The molecule has 0 saturated carbocycles. The maximum absolute atomic E-state index is 8.77. The molecule has 2 unspecified atom stereocenters. The third-order valence-electron chi connectivity index (χ3n) is 3.00. The molecule has 1 aromatic rings. The summed E-state index contributed by atoms with van der Waals surface area (Å²) in [5, 5.41) is 8.77. The van der Waals surface area contributed by atoms with Crippen molar-refractivity contribution in [3.63, 3.8) is 0 Å². The molecule has 0 radical (unpaired) electrons. The van der Waals surface area contributed by atoms with E-state index in [1.165, 1.54) is 0 Å². The van der Waals surface area contributed by atoms with Gasteiger partial charge in [-0.15, -0.1) is 0 Å². The quantitative estimate of drug-likeness (QED) is 0.734. The van der Waals surface area contributed by atoms with Crippen LogP contribution in [0.1, 0.15) is 19.0 Å². The summed E-state index contributed by atoms with van der Waals surface area (Å²) in [6.45, 7) is 3.07. The Morgan fingerprint density at radius 1 is 1.67 bits per heavy atom. The maximum atomic E-state index is 8.77.